The SMILES string of the molecule is Nc1nc(-c2ccc(Br)cc2C(F)(F)F)ncc1Br. The minimum atomic E-state index is -4.50. The monoisotopic (exact) mass is 395 g/mol. The molecule has 0 bridgehead atoms. The quantitative estimate of drug-likeness (QED) is 0.783. The number of halogens is 5. The molecule has 0 atom stereocenters. The van der Waals surface area contributed by atoms with Crippen LogP contribution in [0.15, 0.2) is 33.3 Å². The number of benzene rings is 1. The second kappa shape index (κ2) is 5.09. The Morgan fingerprint density at radius 2 is 1.84 bits per heavy atom. The van der Waals surface area contributed by atoms with Crippen LogP contribution in [0.25, 0.3) is 11.4 Å². The van der Waals surface area contributed by atoms with Crippen molar-refractivity contribution in [1.82, 2.24) is 9.97 Å². The largest absolute Gasteiger partial charge is 0.417 e. The van der Waals surface area contributed by atoms with Crippen LogP contribution < -0.4 is 5.73 Å². The van der Waals surface area contributed by atoms with Gasteiger partial charge in [0.2, 0.25) is 0 Å². The van der Waals surface area contributed by atoms with E-state index in [1.807, 2.05) is 0 Å². The standard InChI is InChI=1S/C11H6Br2F3N3/c12-5-1-2-6(7(3-5)11(14,15)16)10-18-4-8(13)9(17)19-10/h1-4H,(H2,17,18,19). The van der Waals surface area contributed by atoms with Gasteiger partial charge < -0.3 is 5.73 Å². The lowest BCUT2D eigenvalue weighted by atomic mass is 10.1. The van der Waals surface area contributed by atoms with Gasteiger partial charge in [-0.15, -0.1) is 0 Å². The van der Waals surface area contributed by atoms with Gasteiger partial charge in [-0.25, -0.2) is 9.97 Å². The fourth-order valence-corrected chi connectivity index (χ4v) is 2.01. The summed E-state index contributed by atoms with van der Waals surface area (Å²) in [6.07, 6.45) is -3.18. The molecular weight excluding hydrogens is 391 g/mol. The summed E-state index contributed by atoms with van der Waals surface area (Å²) in [7, 11) is 0. The first-order valence-corrected chi connectivity index (χ1v) is 6.53. The summed E-state index contributed by atoms with van der Waals surface area (Å²) in [5, 5.41) is 0. The maximum Gasteiger partial charge on any atom is 0.417 e. The van der Waals surface area contributed by atoms with Gasteiger partial charge in [0.15, 0.2) is 5.82 Å². The molecule has 0 aliphatic carbocycles. The van der Waals surface area contributed by atoms with Crippen LogP contribution in [0.4, 0.5) is 19.0 Å². The van der Waals surface area contributed by atoms with Crippen molar-refractivity contribution in [3.8, 4) is 11.4 Å². The molecule has 2 N–H and O–H groups in total. The molecular formula is C11H6Br2F3N3. The van der Waals surface area contributed by atoms with Crippen molar-refractivity contribution in [1.29, 1.82) is 0 Å². The van der Waals surface area contributed by atoms with Crippen LogP contribution in [0.3, 0.4) is 0 Å². The summed E-state index contributed by atoms with van der Waals surface area (Å²) >= 11 is 6.11. The maximum absolute atomic E-state index is 13.0. The van der Waals surface area contributed by atoms with Crippen molar-refractivity contribution in [2.24, 2.45) is 0 Å². The van der Waals surface area contributed by atoms with Crippen LogP contribution >= 0.6 is 31.9 Å². The Morgan fingerprint density at radius 1 is 1.16 bits per heavy atom. The van der Waals surface area contributed by atoms with E-state index < -0.39 is 11.7 Å². The predicted octanol–water partition coefficient (Wildman–Crippen LogP) is 4.27. The highest BCUT2D eigenvalue weighted by Crippen LogP contribution is 2.37. The van der Waals surface area contributed by atoms with Crippen molar-refractivity contribution in [3.05, 3.63) is 38.9 Å². The van der Waals surface area contributed by atoms with Crippen LogP contribution in [-0.2, 0) is 6.18 Å². The molecule has 0 amide bonds. The zero-order chi connectivity index (χ0) is 14.2. The van der Waals surface area contributed by atoms with Gasteiger partial charge in [0.25, 0.3) is 0 Å². The van der Waals surface area contributed by atoms with Crippen molar-refractivity contribution in [2.45, 2.75) is 6.18 Å². The number of hydrogen-bond acceptors (Lipinski definition) is 3. The third-order valence-electron chi connectivity index (χ3n) is 2.30. The first-order valence-electron chi connectivity index (χ1n) is 4.94. The Bertz CT molecular complexity index is 629. The summed E-state index contributed by atoms with van der Waals surface area (Å²) in [6, 6.07) is 3.78. The maximum atomic E-state index is 13.0. The fraction of sp³-hybridized carbons (Fsp3) is 0.0909. The number of alkyl halides is 3. The molecule has 0 spiro atoms. The molecule has 2 rings (SSSR count). The van der Waals surface area contributed by atoms with Crippen LogP contribution in [0.2, 0.25) is 0 Å². The Kier molecular flexibility index (Phi) is 3.82. The van der Waals surface area contributed by atoms with E-state index in [-0.39, 0.29) is 17.2 Å². The van der Waals surface area contributed by atoms with Gasteiger partial charge >= 0.3 is 6.18 Å². The minimum absolute atomic E-state index is 0.0690. The summed E-state index contributed by atoms with van der Waals surface area (Å²) in [5.74, 6) is 0.0153. The molecule has 0 aliphatic heterocycles. The van der Waals surface area contributed by atoms with Gasteiger partial charge in [-0.3, -0.25) is 0 Å². The Labute approximate surface area is 123 Å². The number of rotatable bonds is 1. The Balaban J connectivity index is 2.65. The van der Waals surface area contributed by atoms with Crippen LogP contribution in [0.5, 0.6) is 0 Å². The Morgan fingerprint density at radius 3 is 2.42 bits per heavy atom. The lowest BCUT2D eigenvalue weighted by Crippen LogP contribution is -2.08. The van der Waals surface area contributed by atoms with Gasteiger partial charge in [-0.1, -0.05) is 15.9 Å². The topological polar surface area (TPSA) is 51.8 Å². The van der Waals surface area contributed by atoms with E-state index in [9.17, 15) is 13.2 Å². The Hall–Kier alpha value is -1.15. The van der Waals surface area contributed by atoms with Gasteiger partial charge in [-0.2, -0.15) is 13.2 Å². The highest BCUT2D eigenvalue weighted by Gasteiger charge is 2.34. The molecule has 3 nitrogen and oxygen atoms in total. The first-order chi connectivity index (χ1) is 8.79. The average molecular weight is 397 g/mol. The number of nitrogen functional groups attached to an aromatic ring is 1. The molecule has 0 aliphatic rings. The van der Waals surface area contributed by atoms with E-state index in [0.717, 1.165) is 6.07 Å². The summed E-state index contributed by atoms with van der Waals surface area (Å²) in [5.41, 5.74) is 4.63. The van der Waals surface area contributed by atoms with E-state index in [4.69, 9.17) is 5.73 Å². The lowest BCUT2D eigenvalue weighted by molar-refractivity contribution is -0.137. The van der Waals surface area contributed by atoms with Crippen molar-refractivity contribution >= 4 is 37.7 Å². The third kappa shape index (κ3) is 3.06. The molecule has 0 saturated carbocycles. The van der Waals surface area contributed by atoms with E-state index >= 15 is 0 Å². The lowest BCUT2D eigenvalue weighted by Gasteiger charge is -2.12. The summed E-state index contributed by atoms with van der Waals surface area (Å²) < 4.78 is 39.7. The van der Waals surface area contributed by atoms with Gasteiger partial charge in [0.05, 0.1) is 10.0 Å². The normalized spacial score (nSPS) is 11.6. The molecule has 0 fully saturated rings. The number of hydrogen-bond donors (Lipinski definition) is 1. The molecule has 1 aromatic carbocycles. The summed E-state index contributed by atoms with van der Waals surface area (Å²) in [4.78, 5) is 7.71. The summed E-state index contributed by atoms with van der Waals surface area (Å²) in [6.45, 7) is 0. The van der Waals surface area contributed by atoms with Crippen molar-refractivity contribution < 1.29 is 13.2 Å². The van der Waals surface area contributed by atoms with Gasteiger partial charge in [0.1, 0.15) is 5.82 Å². The zero-order valence-electron chi connectivity index (χ0n) is 9.17. The third-order valence-corrected chi connectivity index (χ3v) is 3.40. The number of nitrogens with two attached hydrogens (primary N) is 1. The zero-order valence-corrected chi connectivity index (χ0v) is 12.3. The molecule has 8 heteroatoms. The molecule has 19 heavy (non-hydrogen) atoms. The van der Waals surface area contributed by atoms with Crippen LogP contribution in [-0.4, -0.2) is 9.97 Å². The molecule has 0 radical (unpaired) electrons. The average Bonchev–Trinajstić information content (AvgIpc) is 2.32. The molecule has 1 aromatic heterocycles. The first kappa shape index (κ1) is 14.3. The van der Waals surface area contributed by atoms with E-state index in [2.05, 4.69) is 41.8 Å². The second-order valence-electron chi connectivity index (χ2n) is 3.61. The molecule has 0 unspecified atom stereocenters. The fourth-order valence-electron chi connectivity index (χ4n) is 1.46. The van der Waals surface area contributed by atoms with E-state index in [0.29, 0.717) is 8.95 Å². The number of nitrogens with zero attached hydrogens (tertiary/aromatic N) is 2. The van der Waals surface area contributed by atoms with Gasteiger partial charge in [-0.05, 0) is 34.1 Å². The highest BCUT2D eigenvalue weighted by molar-refractivity contribution is 9.10. The van der Waals surface area contributed by atoms with Crippen LogP contribution in [0, 0.1) is 0 Å². The number of anilines is 1. The minimum Gasteiger partial charge on any atom is -0.383 e. The highest BCUT2D eigenvalue weighted by atomic mass is 79.9. The smallest absolute Gasteiger partial charge is 0.383 e. The molecule has 1 heterocycles. The van der Waals surface area contributed by atoms with E-state index in [1.165, 1.54) is 18.3 Å². The van der Waals surface area contributed by atoms with Crippen LogP contribution in [0.1, 0.15) is 5.56 Å². The molecule has 100 valence electrons. The second-order valence-corrected chi connectivity index (χ2v) is 5.38. The number of aromatic nitrogens is 2. The van der Waals surface area contributed by atoms with Crippen molar-refractivity contribution in [3.63, 3.8) is 0 Å². The van der Waals surface area contributed by atoms with Gasteiger partial charge in [0, 0.05) is 16.2 Å². The van der Waals surface area contributed by atoms with Crippen molar-refractivity contribution in [2.75, 3.05) is 5.73 Å². The molecule has 2 aromatic rings. The molecule has 0 saturated heterocycles. The predicted molar refractivity (Wildman–Crippen MR) is 72.3 cm³/mol. The van der Waals surface area contributed by atoms with E-state index in [1.54, 1.807) is 0 Å².